The summed E-state index contributed by atoms with van der Waals surface area (Å²) in [5, 5.41) is 18.9. The second kappa shape index (κ2) is 9.93. The van der Waals surface area contributed by atoms with E-state index >= 15 is 0 Å². The summed E-state index contributed by atoms with van der Waals surface area (Å²) in [5.74, 6) is -0.0826. The quantitative estimate of drug-likeness (QED) is 0.190. The molecule has 29 heavy (non-hydrogen) atoms. The van der Waals surface area contributed by atoms with E-state index in [-0.39, 0.29) is 16.4 Å². The fourth-order valence-electron chi connectivity index (χ4n) is 2.19. The summed E-state index contributed by atoms with van der Waals surface area (Å²) >= 11 is 23.1. The molecular weight excluding hydrogens is 463 g/mol. The molecule has 0 spiro atoms. The number of alkyl halides is 3. The first kappa shape index (κ1) is 23.0. The summed E-state index contributed by atoms with van der Waals surface area (Å²) in [7, 11) is 1.51. The molecule has 2 aromatic carbocycles. The topological polar surface area (TPSA) is 106 Å². The molecule has 0 radical (unpaired) electrons. The number of nitro benzene ring substituents is 1. The number of anilines is 1. The molecule has 0 aromatic heterocycles. The van der Waals surface area contributed by atoms with Crippen molar-refractivity contribution in [2.45, 2.75) is 9.96 Å². The van der Waals surface area contributed by atoms with E-state index < -0.39 is 20.8 Å². The Bertz CT molecular complexity index is 906. The molecule has 2 rings (SSSR count). The maximum Gasteiger partial charge on any atom is 0.269 e. The van der Waals surface area contributed by atoms with E-state index in [0.29, 0.717) is 11.4 Å². The number of methoxy groups -OCH3 is 1. The van der Waals surface area contributed by atoms with E-state index in [4.69, 9.17) is 51.8 Å². The number of ether oxygens (including phenoxy) is 1. The van der Waals surface area contributed by atoms with Crippen LogP contribution in [0.3, 0.4) is 0 Å². The van der Waals surface area contributed by atoms with Crippen molar-refractivity contribution in [3.8, 4) is 5.75 Å². The van der Waals surface area contributed by atoms with Gasteiger partial charge in [-0.05, 0) is 36.5 Å². The largest absolute Gasteiger partial charge is 0.495 e. The van der Waals surface area contributed by atoms with Crippen LogP contribution in [0.25, 0.3) is 0 Å². The molecular formula is C17H15Cl3N4O4S. The number of hydrogen-bond acceptors (Lipinski definition) is 5. The first-order chi connectivity index (χ1) is 13.6. The highest BCUT2D eigenvalue weighted by Gasteiger charge is 2.35. The second-order valence-corrected chi connectivity index (χ2v) is 8.33. The maximum atomic E-state index is 12.4. The van der Waals surface area contributed by atoms with Gasteiger partial charge in [-0.25, -0.2) is 0 Å². The molecule has 0 aliphatic carbocycles. The number of carbonyl (C=O) groups is 1. The standard InChI is InChI=1S/C17H15Cl3N4O4S/c1-28-13-5-3-2-4-12(13)21-16(29)23-15(17(18,19)20)22-14(25)10-6-8-11(9-7-10)24(26)27/h2-9,15H,1H3,(H,22,25)(H2,21,23,29). The van der Waals surface area contributed by atoms with Crippen LogP contribution in [0, 0.1) is 10.1 Å². The number of halogens is 3. The van der Waals surface area contributed by atoms with Crippen molar-refractivity contribution < 1.29 is 14.5 Å². The summed E-state index contributed by atoms with van der Waals surface area (Å²) in [6.07, 6.45) is -1.20. The Kier molecular flexibility index (Phi) is 7.86. The van der Waals surface area contributed by atoms with E-state index in [1.165, 1.54) is 31.4 Å². The number of nitro groups is 1. The summed E-state index contributed by atoms with van der Waals surface area (Å²) in [6.45, 7) is 0. The monoisotopic (exact) mass is 476 g/mol. The number of nitrogens with zero attached hydrogens (tertiary/aromatic N) is 1. The molecule has 0 saturated heterocycles. The van der Waals surface area contributed by atoms with Crippen LogP contribution in [-0.4, -0.2) is 33.0 Å². The van der Waals surface area contributed by atoms with Gasteiger partial charge >= 0.3 is 0 Å². The van der Waals surface area contributed by atoms with Gasteiger partial charge in [-0.3, -0.25) is 14.9 Å². The number of benzene rings is 2. The van der Waals surface area contributed by atoms with Crippen LogP contribution < -0.4 is 20.7 Å². The third-order valence-corrected chi connectivity index (χ3v) is 4.45. The molecule has 8 nitrogen and oxygen atoms in total. The first-order valence-corrected chi connectivity index (χ1v) is 9.48. The number of thiocarbonyl (C=S) groups is 1. The third kappa shape index (κ3) is 6.60. The zero-order valence-electron chi connectivity index (χ0n) is 14.8. The van der Waals surface area contributed by atoms with E-state index in [0.717, 1.165) is 0 Å². The van der Waals surface area contributed by atoms with Crippen LogP contribution in [0.4, 0.5) is 11.4 Å². The third-order valence-electron chi connectivity index (χ3n) is 3.57. The molecule has 1 amide bonds. The molecule has 0 fully saturated rings. The Hall–Kier alpha value is -2.33. The molecule has 1 atom stereocenters. The lowest BCUT2D eigenvalue weighted by Crippen LogP contribution is -2.56. The highest BCUT2D eigenvalue weighted by Crippen LogP contribution is 2.30. The second-order valence-electron chi connectivity index (χ2n) is 5.55. The van der Waals surface area contributed by atoms with Gasteiger partial charge in [0.2, 0.25) is 3.79 Å². The smallest absolute Gasteiger partial charge is 0.269 e. The fraction of sp³-hybridized carbons (Fsp3) is 0.176. The van der Waals surface area contributed by atoms with Crippen molar-refractivity contribution in [3.05, 3.63) is 64.2 Å². The van der Waals surface area contributed by atoms with Crippen molar-refractivity contribution >= 4 is 69.4 Å². The fourth-order valence-corrected chi connectivity index (χ4v) is 2.74. The van der Waals surface area contributed by atoms with Crippen LogP contribution in [-0.2, 0) is 0 Å². The van der Waals surface area contributed by atoms with Crippen LogP contribution >= 0.6 is 47.0 Å². The van der Waals surface area contributed by atoms with E-state index in [9.17, 15) is 14.9 Å². The Morgan fingerprint density at radius 1 is 1.14 bits per heavy atom. The number of hydrogen-bond donors (Lipinski definition) is 3. The van der Waals surface area contributed by atoms with E-state index in [1.54, 1.807) is 24.3 Å². The van der Waals surface area contributed by atoms with Gasteiger partial charge in [0.1, 0.15) is 11.9 Å². The van der Waals surface area contributed by atoms with Crippen LogP contribution in [0.5, 0.6) is 5.75 Å². The van der Waals surface area contributed by atoms with Gasteiger partial charge in [-0.2, -0.15) is 0 Å². The van der Waals surface area contributed by atoms with Gasteiger partial charge < -0.3 is 20.7 Å². The van der Waals surface area contributed by atoms with Gasteiger partial charge in [-0.1, -0.05) is 46.9 Å². The van der Waals surface area contributed by atoms with Crippen molar-refractivity contribution in [2.24, 2.45) is 0 Å². The lowest BCUT2D eigenvalue weighted by atomic mass is 10.2. The predicted molar refractivity (Wildman–Crippen MR) is 117 cm³/mol. The predicted octanol–water partition coefficient (Wildman–Crippen LogP) is 4.02. The summed E-state index contributed by atoms with van der Waals surface area (Å²) < 4.78 is 3.27. The van der Waals surface area contributed by atoms with Crippen molar-refractivity contribution in [1.29, 1.82) is 0 Å². The SMILES string of the molecule is COc1ccccc1NC(=S)NC(NC(=O)c1ccc([N+](=O)[O-])cc1)C(Cl)(Cl)Cl. The lowest BCUT2D eigenvalue weighted by molar-refractivity contribution is -0.384. The maximum absolute atomic E-state index is 12.4. The molecule has 154 valence electrons. The number of para-hydroxylation sites is 2. The minimum Gasteiger partial charge on any atom is -0.495 e. The molecule has 1 unspecified atom stereocenters. The molecule has 0 bridgehead atoms. The number of carbonyl (C=O) groups excluding carboxylic acids is 1. The van der Waals surface area contributed by atoms with Gasteiger partial charge in [0.15, 0.2) is 5.11 Å². The lowest BCUT2D eigenvalue weighted by Gasteiger charge is -2.28. The Morgan fingerprint density at radius 3 is 2.31 bits per heavy atom. The van der Waals surface area contributed by atoms with Gasteiger partial charge in [0.05, 0.1) is 17.7 Å². The summed E-state index contributed by atoms with van der Waals surface area (Å²) in [6, 6.07) is 12.0. The van der Waals surface area contributed by atoms with Crippen LogP contribution in [0.2, 0.25) is 0 Å². The minimum atomic E-state index is -1.96. The van der Waals surface area contributed by atoms with Crippen molar-refractivity contribution in [3.63, 3.8) is 0 Å². The van der Waals surface area contributed by atoms with Crippen LogP contribution in [0.15, 0.2) is 48.5 Å². The average molecular weight is 478 g/mol. The molecule has 2 aromatic rings. The first-order valence-electron chi connectivity index (χ1n) is 7.94. The van der Waals surface area contributed by atoms with Gasteiger partial charge in [0.25, 0.3) is 11.6 Å². The number of non-ortho nitro benzene ring substituents is 1. The molecule has 0 heterocycles. The number of rotatable bonds is 6. The molecule has 0 aliphatic rings. The van der Waals surface area contributed by atoms with E-state index in [1.807, 2.05) is 0 Å². The number of amides is 1. The van der Waals surface area contributed by atoms with Crippen molar-refractivity contribution in [2.75, 3.05) is 12.4 Å². The van der Waals surface area contributed by atoms with Gasteiger partial charge in [-0.15, -0.1) is 0 Å². The van der Waals surface area contributed by atoms with Crippen molar-refractivity contribution in [1.82, 2.24) is 10.6 Å². The summed E-state index contributed by atoms with van der Waals surface area (Å²) in [5.41, 5.74) is 0.553. The Labute approximate surface area is 186 Å². The summed E-state index contributed by atoms with van der Waals surface area (Å²) in [4.78, 5) is 22.6. The highest BCUT2D eigenvalue weighted by molar-refractivity contribution is 7.80. The molecule has 12 heteroatoms. The molecule has 0 aliphatic heterocycles. The Balaban J connectivity index is 2.10. The highest BCUT2D eigenvalue weighted by atomic mass is 35.6. The normalized spacial score (nSPS) is 11.9. The Morgan fingerprint density at radius 2 is 1.76 bits per heavy atom. The zero-order chi connectivity index (χ0) is 21.6. The minimum absolute atomic E-state index is 0.0647. The number of nitrogens with one attached hydrogen (secondary N) is 3. The van der Waals surface area contributed by atoms with Crippen LogP contribution in [0.1, 0.15) is 10.4 Å². The zero-order valence-corrected chi connectivity index (χ0v) is 17.9. The van der Waals surface area contributed by atoms with Gasteiger partial charge in [0, 0.05) is 17.7 Å². The molecule has 3 N–H and O–H groups in total. The molecule has 0 saturated carbocycles. The van der Waals surface area contributed by atoms with E-state index in [2.05, 4.69) is 16.0 Å². The average Bonchev–Trinajstić information content (AvgIpc) is 2.67.